The summed E-state index contributed by atoms with van der Waals surface area (Å²) in [6.45, 7) is 0. The fourth-order valence-electron chi connectivity index (χ4n) is 2.64. The molecule has 1 amide bonds. The number of aromatic amines is 1. The third kappa shape index (κ3) is 4.46. The van der Waals surface area contributed by atoms with Gasteiger partial charge in [0.1, 0.15) is 10.5 Å². The summed E-state index contributed by atoms with van der Waals surface area (Å²) in [5.74, 6) is -0.685. The van der Waals surface area contributed by atoms with E-state index in [1.54, 1.807) is 28.8 Å². The van der Waals surface area contributed by atoms with Crippen molar-refractivity contribution in [2.75, 3.05) is 11.1 Å². The lowest BCUT2D eigenvalue weighted by molar-refractivity contribution is -0.113. The molecule has 2 aromatic heterocycles. The van der Waals surface area contributed by atoms with Gasteiger partial charge in [-0.3, -0.25) is 14.2 Å². The number of nitrogens with zero attached hydrogens (tertiary/aromatic N) is 2. The fourth-order valence-corrected chi connectivity index (χ4v) is 4.70. The van der Waals surface area contributed by atoms with Gasteiger partial charge in [-0.2, -0.15) is 0 Å². The van der Waals surface area contributed by atoms with Gasteiger partial charge in [0, 0.05) is 16.4 Å². The number of anilines is 1. The minimum atomic E-state index is -0.386. The Morgan fingerprint density at radius 1 is 1.23 bits per heavy atom. The van der Waals surface area contributed by atoms with Gasteiger partial charge in [0.2, 0.25) is 5.91 Å². The molecule has 2 heterocycles. The number of halogens is 2. The van der Waals surface area contributed by atoms with Crippen LogP contribution in [0.3, 0.4) is 0 Å². The molecular weight excluding hydrogens is 467 g/mol. The summed E-state index contributed by atoms with van der Waals surface area (Å²) in [5.41, 5.74) is 1.30. The Morgan fingerprint density at radius 2 is 1.93 bits per heavy atom. The van der Waals surface area contributed by atoms with Crippen molar-refractivity contribution in [3.63, 3.8) is 0 Å². The SMILES string of the molecule is O=C(CSc1nc2c(sc(=S)n2-c2ccc(Cl)cc2)c(=O)[nH]1)Nc1ccc(F)cc1. The Labute approximate surface area is 187 Å². The molecule has 0 radical (unpaired) electrons. The number of thioether (sulfide) groups is 1. The van der Waals surface area contributed by atoms with Crippen LogP contribution in [0.4, 0.5) is 10.1 Å². The number of rotatable bonds is 5. The van der Waals surface area contributed by atoms with Gasteiger partial charge in [-0.25, -0.2) is 9.37 Å². The predicted octanol–water partition coefficient (Wildman–Crippen LogP) is 5.03. The van der Waals surface area contributed by atoms with E-state index in [4.69, 9.17) is 23.8 Å². The summed E-state index contributed by atoms with van der Waals surface area (Å²) in [4.78, 5) is 31.8. The summed E-state index contributed by atoms with van der Waals surface area (Å²) in [5, 5.41) is 3.53. The van der Waals surface area contributed by atoms with Gasteiger partial charge < -0.3 is 10.3 Å². The molecule has 0 aliphatic rings. The number of carbonyl (C=O) groups is 1. The van der Waals surface area contributed by atoms with Crippen molar-refractivity contribution in [3.8, 4) is 5.69 Å². The van der Waals surface area contributed by atoms with E-state index in [0.717, 1.165) is 28.8 Å². The normalized spacial score (nSPS) is 11.0. The third-order valence-electron chi connectivity index (χ3n) is 3.97. The molecule has 0 saturated carbocycles. The van der Waals surface area contributed by atoms with E-state index in [9.17, 15) is 14.0 Å². The molecule has 11 heteroatoms. The van der Waals surface area contributed by atoms with Crippen LogP contribution >= 0.6 is 46.9 Å². The molecule has 0 aliphatic heterocycles. The number of amides is 1. The maximum atomic E-state index is 13.0. The summed E-state index contributed by atoms with van der Waals surface area (Å²) >= 11 is 13.6. The zero-order valence-electron chi connectivity index (χ0n) is 15.0. The number of thiazole rings is 1. The largest absolute Gasteiger partial charge is 0.325 e. The molecule has 0 spiro atoms. The molecule has 2 aromatic carbocycles. The number of hydrogen-bond donors (Lipinski definition) is 2. The maximum absolute atomic E-state index is 13.0. The minimum absolute atomic E-state index is 0.0115. The first-order valence-corrected chi connectivity index (χ1v) is 11.1. The Kier molecular flexibility index (Phi) is 6.00. The van der Waals surface area contributed by atoms with Crippen LogP contribution in [-0.2, 0) is 4.79 Å². The van der Waals surface area contributed by atoms with E-state index in [1.165, 1.54) is 24.3 Å². The third-order valence-corrected chi connectivity index (χ3v) is 6.46. The average Bonchev–Trinajstić information content (AvgIpc) is 3.05. The molecule has 0 fully saturated rings. The van der Waals surface area contributed by atoms with Crippen molar-refractivity contribution < 1.29 is 9.18 Å². The number of aromatic nitrogens is 3. The molecule has 152 valence electrons. The quantitative estimate of drug-likeness (QED) is 0.239. The van der Waals surface area contributed by atoms with Crippen LogP contribution < -0.4 is 10.9 Å². The highest BCUT2D eigenvalue weighted by Gasteiger charge is 2.15. The molecule has 6 nitrogen and oxygen atoms in total. The zero-order valence-corrected chi connectivity index (χ0v) is 18.2. The Hall–Kier alpha value is -2.53. The van der Waals surface area contributed by atoms with Gasteiger partial charge in [0.25, 0.3) is 5.56 Å². The van der Waals surface area contributed by atoms with E-state index in [-0.39, 0.29) is 28.2 Å². The van der Waals surface area contributed by atoms with E-state index < -0.39 is 0 Å². The molecule has 4 rings (SSSR count). The van der Waals surface area contributed by atoms with Crippen LogP contribution in [0, 0.1) is 9.77 Å². The summed E-state index contributed by atoms with van der Waals surface area (Å²) < 4.78 is 15.5. The maximum Gasteiger partial charge on any atom is 0.271 e. The van der Waals surface area contributed by atoms with Crippen LogP contribution in [0.1, 0.15) is 0 Å². The van der Waals surface area contributed by atoms with Crippen molar-refractivity contribution in [3.05, 3.63) is 73.7 Å². The smallest absolute Gasteiger partial charge is 0.271 e. The van der Waals surface area contributed by atoms with Crippen LogP contribution in [0.25, 0.3) is 16.0 Å². The molecule has 0 aliphatic carbocycles. The van der Waals surface area contributed by atoms with Gasteiger partial charge in [-0.15, -0.1) is 0 Å². The summed E-state index contributed by atoms with van der Waals surface area (Å²) in [6.07, 6.45) is 0. The highest BCUT2D eigenvalue weighted by Crippen LogP contribution is 2.25. The Balaban J connectivity index is 1.59. The number of nitrogens with one attached hydrogen (secondary N) is 2. The molecule has 0 atom stereocenters. The minimum Gasteiger partial charge on any atom is -0.325 e. The van der Waals surface area contributed by atoms with E-state index >= 15 is 0 Å². The molecular formula is C19H12ClFN4O2S3. The lowest BCUT2D eigenvalue weighted by atomic mass is 10.3. The van der Waals surface area contributed by atoms with Crippen molar-refractivity contribution in [1.82, 2.24) is 14.5 Å². The first-order chi connectivity index (χ1) is 14.4. The van der Waals surface area contributed by atoms with Gasteiger partial charge >= 0.3 is 0 Å². The lowest BCUT2D eigenvalue weighted by Gasteiger charge is -2.06. The van der Waals surface area contributed by atoms with Crippen LogP contribution in [-0.4, -0.2) is 26.2 Å². The first kappa shape index (κ1) is 20.7. The number of carbonyl (C=O) groups excluding carboxylic acids is 1. The van der Waals surface area contributed by atoms with Crippen molar-refractivity contribution >= 4 is 68.9 Å². The van der Waals surface area contributed by atoms with Crippen LogP contribution in [0.5, 0.6) is 0 Å². The highest BCUT2D eigenvalue weighted by atomic mass is 35.5. The van der Waals surface area contributed by atoms with E-state index in [1.807, 2.05) is 0 Å². The first-order valence-electron chi connectivity index (χ1n) is 8.51. The van der Waals surface area contributed by atoms with Gasteiger partial charge in [-0.05, 0) is 60.7 Å². The zero-order chi connectivity index (χ0) is 21.3. The second-order valence-electron chi connectivity index (χ2n) is 6.05. The molecule has 0 unspecified atom stereocenters. The second kappa shape index (κ2) is 8.68. The van der Waals surface area contributed by atoms with Crippen molar-refractivity contribution in [1.29, 1.82) is 0 Å². The van der Waals surface area contributed by atoms with Gasteiger partial charge in [0.15, 0.2) is 14.8 Å². The molecule has 0 saturated heterocycles. The number of fused-ring (bicyclic) bond motifs is 1. The second-order valence-corrected chi connectivity index (χ2v) is 9.09. The standard InChI is InChI=1S/C19H12ClFN4O2S3/c20-10-1-7-13(8-2-10)25-16-15(30-19(25)28)17(27)24-18(23-16)29-9-14(26)22-12-5-3-11(21)4-6-12/h1-8H,9H2,(H,22,26)(H,23,24,27). The molecule has 4 aromatic rings. The average molecular weight is 479 g/mol. The number of H-pyrrole nitrogens is 1. The highest BCUT2D eigenvalue weighted by molar-refractivity contribution is 7.99. The Bertz CT molecular complexity index is 1350. The number of benzene rings is 2. The molecule has 0 bridgehead atoms. The topological polar surface area (TPSA) is 79.8 Å². The van der Waals surface area contributed by atoms with Gasteiger partial charge in [-0.1, -0.05) is 34.7 Å². The van der Waals surface area contributed by atoms with E-state index in [0.29, 0.717) is 25.0 Å². The summed E-state index contributed by atoms with van der Waals surface area (Å²) in [7, 11) is 0. The van der Waals surface area contributed by atoms with Crippen LogP contribution in [0.15, 0.2) is 58.5 Å². The number of hydrogen-bond acceptors (Lipinski definition) is 6. The molecule has 30 heavy (non-hydrogen) atoms. The van der Waals surface area contributed by atoms with Crippen molar-refractivity contribution in [2.24, 2.45) is 0 Å². The predicted molar refractivity (Wildman–Crippen MR) is 121 cm³/mol. The fraction of sp³-hybridized carbons (Fsp3) is 0.0526. The van der Waals surface area contributed by atoms with Crippen LogP contribution in [0.2, 0.25) is 5.02 Å². The monoisotopic (exact) mass is 478 g/mol. The van der Waals surface area contributed by atoms with Gasteiger partial charge in [0.05, 0.1) is 5.75 Å². The Morgan fingerprint density at radius 3 is 2.63 bits per heavy atom. The lowest BCUT2D eigenvalue weighted by Crippen LogP contribution is -2.15. The van der Waals surface area contributed by atoms with E-state index in [2.05, 4.69) is 15.3 Å². The van der Waals surface area contributed by atoms with Crippen molar-refractivity contribution in [2.45, 2.75) is 5.16 Å². The molecule has 2 N–H and O–H groups in total. The summed E-state index contributed by atoms with van der Waals surface area (Å²) in [6, 6.07) is 12.5.